The van der Waals surface area contributed by atoms with Gasteiger partial charge in [0.05, 0.1) is 6.04 Å². The highest BCUT2D eigenvalue weighted by molar-refractivity contribution is 5.73. The summed E-state index contributed by atoms with van der Waals surface area (Å²) in [5, 5.41) is 39.1. The largest absolute Gasteiger partial charge is 0.479 e. The predicted octanol–water partition coefficient (Wildman–Crippen LogP) is -2.90. The molecule has 7 heteroatoms. The Balaban J connectivity index is 2.77. The van der Waals surface area contributed by atoms with Crippen molar-refractivity contribution in [1.82, 2.24) is 5.32 Å². The lowest BCUT2D eigenvalue weighted by atomic mass is 9.97. The average Bonchev–Trinajstić information content (AvgIpc) is 2.12. The molecule has 5 N–H and O–H groups in total. The third kappa shape index (κ3) is 1.86. The molecule has 0 aromatic heterocycles. The third-order valence-electron chi connectivity index (χ3n) is 2.20. The molecule has 0 amide bonds. The number of aliphatic hydroxyl groups is 3. The highest BCUT2D eigenvalue weighted by Crippen LogP contribution is 2.19. The lowest BCUT2D eigenvalue weighted by Gasteiger charge is -2.38. The molecule has 14 heavy (non-hydrogen) atoms. The van der Waals surface area contributed by atoms with Crippen LogP contribution in [0.3, 0.4) is 0 Å². The molecule has 1 aliphatic heterocycles. The molecule has 1 aliphatic rings. The number of rotatable bonds is 2. The minimum atomic E-state index is -1.61. The minimum absolute atomic E-state index is 0.902. The first-order chi connectivity index (χ1) is 6.49. The number of carboxylic acid groups (broad SMARTS) is 1. The first-order valence-corrected chi connectivity index (χ1v) is 4.08. The second-order valence-corrected chi connectivity index (χ2v) is 3.08. The van der Waals surface area contributed by atoms with Gasteiger partial charge in [0.15, 0.2) is 12.4 Å². The molecular formula is C7H13NO6. The third-order valence-corrected chi connectivity index (χ3v) is 2.20. The van der Waals surface area contributed by atoms with E-state index in [0.717, 1.165) is 0 Å². The van der Waals surface area contributed by atoms with Crippen LogP contribution in [0.15, 0.2) is 0 Å². The van der Waals surface area contributed by atoms with Crippen molar-refractivity contribution in [3.63, 3.8) is 0 Å². The second kappa shape index (κ2) is 4.20. The number of nitrogens with one attached hydrogen (secondary N) is 1. The molecule has 82 valence electrons. The fourth-order valence-corrected chi connectivity index (χ4v) is 1.39. The summed E-state index contributed by atoms with van der Waals surface area (Å²) in [4.78, 5) is 10.5. The van der Waals surface area contributed by atoms with Crippen LogP contribution in [0.2, 0.25) is 0 Å². The van der Waals surface area contributed by atoms with E-state index in [1.807, 2.05) is 0 Å². The Kier molecular flexibility index (Phi) is 3.40. The van der Waals surface area contributed by atoms with Crippen LogP contribution in [0, 0.1) is 0 Å². The Morgan fingerprint density at radius 2 is 1.86 bits per heavy atom. The molecule has 1 saturated heterocycles. The number of aliphatic carboxylic acids is 1. The van der Waals surface area contributed by atoms with E-state index in [4.69, 9.17) is 5.11 Å². The summed E-state index contributed by atoms with van der Waals surface area (Å²) in [6, 6.07) is -0.902. The Labute approximate surface area is 79.9 Å². The van der Waals surface area contributed by atoms with Gasteiger partial charge in [-0.05, 0) is 7.05 Å². The van der Waals surface area contributed by atoms with E-state index in [9.17, 15) is 20.1 Å². The van der Waals surface area contributed by atoms with Crippen molar-refractivity contribution in [2.75, 3.05) is 7.05 Å². The van der Waals surface area contributed by atoms with Gasteiger partial charge in [-0.15, -0.1) is 0 Å². The van der Waals surface area contributed by atoms with Gasteiger partial charge in [-0.1, -0.05) is 0 Å². The van der Waals surface area contributed by atoms with Gasteiger partial charge in [0, 0.05) is 0 Å². The molecule has 5 atom stereocenters. The molecule has 0 spiro atoms. The minimum Gasteiger partial charge on any atom is -0.479 e. The normalized spacial score (nSPS) is 43.6. The topological polar surface area (TPSA) is 119 Å². The smallest absolute Gasteiger partial charge is 0.335 e. The van der Waals surface area contributed by atoms with Crippen LogP contribution in [0.4, 0.5) is 0 Å². The fourth-order valence-electron chi connectivity index (χ4n) is 1.39. The van der Waals surface area contributed by atoms with Gasteiger partial charge >= 0.3 is 5.97 Å². The molecule has 0 bridgehead atoms. The van der Waals surface area contributed by atoms with Crippen LogP contribution in [0.1, 0.15) is 0 Å². The molecule has 0 radical (unpaired) electrons. The standard InChI is InChI=1S/C7H13NO6/c1-8-2-3(9)4(10)5(6(11)12)14-7(2)13/h2-5,7-10,13H,1H3,(H,11,12)/t2-,3-,4+,5+,7-/m1/s1. The Hall–Kier alpha value is -0.730. The first-order valence-electron chi connectivity index (χ1n) is 4.08. The quantitative estimate of drug-likeness (QED) is 0.329. The maximum absolute atomic E-state index is 10.5. The first kappa shape index (κ1) is 11.3. The fraction of sp³-hybridized carbons (Fsp3) is 0.857. The number of carbonyl (C=O) groups is 1. The van der Waals surface area contributed by atoms with Gasteiger partial charge in [0.1, 0.15) is 12.2 Å². The van der Waals surface area contributed by atoms with Crippen molar-refractivity contribution in [2.24, 2.45) is 0 Å². The summed E-state index contributed by atoms with van der Waals surface area (Å²) in [6.07, 6.45) is -6.01. The maximum atomic E-state index is 10.5. The number of ether oxygens (including phenoxy) is 1. The molecule has 0 aliphatic carbocycles. The zero-order chi connectivity index (χ0) is 10.9. The van der Waals surface area contributed by atoms with Crippen molar-refractivity contribution in [3.8, 4) is 0 Å². The summed E-state index contributed by atoms with van der Waals surface area (Å²) < 4.78 is 4.62. The van der Waals surface area contributed by atoms with Crippen LogP contribution in [-0.4, -0.2) is 64.1 Å². The number of likely N-dealkylation sites (N-methyl/N-ethyl adjacent to an activating group) is 1. The summed E-state index contributed by atoms with van der Waals surface area (Å²) >= 11 is 0. The SMILES string of the molecule is CN[C@@H]1[C@@H](O)[C@H](O)[C@@H](C(=O)O)O[C@H]1O. The second-order valence-electron chi connectivity index (χ2n) is 3.08. The van der Waals surface area contributed by atoms with Crippen LogP contribution in [-0.2, 0) is 9.53 Å². The average molecular weight is 207 g/mol. The number of hydrogen-bond acceptors (Lipinski definition) is 6. The maximum Gasteiger partial charge on any atom is 0.335 e. The molecule has 0 saturated carbocycles. The van der Waals surface area contributed by atoms with Gasteiger partial charge in [0.2, 0.25) is 0 Å². The van der Waals surface area contributed by atoms with Gasteiger partial charge < -0.3 is 30.5 Å². The van der Waals surface area contributed by atoms with E-state index >= 15 is 0 Å². The molecule has 0 aromatic rings. The van der Waals surface area contributed by atoms with Crippen LogP contribution >= 0.6 is 0 Å². The van der Waals surface area contributed by atoms with Gasteiger partial charge in [-0.3, -0.25) is 0 Å². The summed E-state index contributed by atoms with van der Waals surface area (Å²) in [5.74, 6) is -1.43. The lowest BCUT2D eigenvalue weighted by molar-refractivity contribution is -0.248. The predicted molar refractivity (Wildman–Crippen MR) is 43.4 cm³/mol. The Morgan fingerprint density at radius 1 is 1.29 bits per heavy atom. The summed E-state index contributed by atoms with van der Waals surface area (Å²) in [5.41, 5.74) is 0. The number of hydrogen-bond donors (Lipinski definition) is 5. The van der Waals surface area contributed by atoms with Gasteiger partial charge in [0.25, 0.3) is 0 Å². The van der Waals surface area contributed by atoms with Gasteiger partial charge in [-0.2, -0.15) is 0 Å². The van der Waals surface area contributed by atoms with Crippen molar-refractivity contribution in [1.29, 1.82) is 0 Å². The molecule has 0 unspecified atom stereocenters. The van der Waals surface area contributed by atoms with E-state index < -0.39 is 36.6 Å². The van der Waals surface area contributed by atoms with Crippen molar-refractivity contribution < 1.29 is 30.0 Å². The highest BCUT2D eigenvalue weighted by Gasteiger charge is 2.46. The molecule has 7 nitrogen and oxygen atoms in total. The number of aliphatic hydroxyl groups excluding tert-OH is 3. The van der Waals surface area contributed by atoms with E-state index in [0.29, 0.717) is 0 Å². The van der Waals surface area contributed by atoms with Crippen molar-refractivity contribution >= 4 is 5.97 Å². The summed E-state index contributed by atoms with van der Waals surface area (Å²) in [6.45, 7) is 0. The van der Waals surface area contributed by atoms with Crippen LogP contribution < -0.4 is 5.32 Å². The Morgan fingerprint density at radius 3 is 2.29 bits per heavy atom. The van der Waals surface area contributed by atoms with E-state index in [2.05, 4.69) is 10.1 Å². The van der Waals surface area contributed by atoms with Crippen molar-refractivity contribution in [3.05, 3.63) is 0 Å². The highest BCUT2D eigenvalue weighted by atomic mass is 16.6. The number of carboxylic acids is 1. The van der Waals surface area contributed by atoms with Gasteiger partial charge in [-0.25, -0.2) is 4.79 Å². The zero-order valence-corrected chi connectivity index (χ0v) is 7.49. The van der Waals surface area contributed by atoms with E-state index in [1.165, 1.54) is 7.05 Å². The molecule has 1 heterocycles. The molecule has 0 aromatic carbocycles. The van der Waals surface area contributed by atoms with E-state index in [-0.39, 0.29) is 0 Å². The Bertz CT molecular complexity index is 222. The summed E-state index contributed by atoms with van der Waals surface area (Å²) in [7, 11) is 1.45. The van der Waals surface area contributed by atoms with Crippen molar-refractivity contribution in [2.45, 2.75) is 30.6 Å². The molecular weight excluding hydrogens is 194 g/mol. The van der Waals surface area contributed by atoms with Crippen LogP contribution in [0.5, 0.6) is 0 Å². The molecule has 1 fully saturated rings. The van der Waals surface area contributed by atoms with Crippen LogP contribution in [0.25, 0.3) is 0 Å². The molecule has 1 rings (SSSR count). The monoisotopic (exact) mass is 207 g/mol. The zero-order valence-electron chi connectivity index (χ0n) is 7.49. The lowest BCUT2D eigenvalue weighted by Crippen LogP contribution is -2.63. The van der Waals surface area contributed by atoms with E-state index in [1.54, 1.807) is 0 Å².